The van der Waals surface area contributed by atoms with Crippen LogP contribution in [0.4, 0.5) is 11.4 Å². The van der Waals surface area contributed by atoms with Gasteiger partial charge in [-0.3, -0.25) is 4.99 Å². The molecule has 0 aliphatic rings. The molecule has 2 nitrogen and oxygen atoms in total. The normalized spacial score (nSPS) is 12.3. The molecule has 0 heterocycles. The molecule has 0 fully saturated rings. The fourth-order valence-electron chi connectivity index (χ4n) is 2.89. The second-order valence-electron chi connectivity index (χ2n) is 7.08. The van der Waals surface area contributed by atoms with Crippen LogP contribution in [0.3, 0.4) is 0 Å². The summed E-state index contributed by atoms with van der Waals surface area (Å²) in [5, 5.41) is 4.96. The molecule has 26 heavy (non-hydrogen) atoms. The number of hydrogen-bond donors (Lipinski definition) is 0. The van der Waals surface area contributed by atoms with Crippen molar-refractivity contribution in [3.8, 4) is 0 Å². The third-order valence-corrected chi connectivity index (χ3v) is 4.11. The first-order valence-electron chi connectivity index (χ1n) is 9.01. The average molecular weight is 356 g/mol. The molecule has 132 valence electrons. The molecule has 0 spiro atoms. The first kappa shape index (κ1) is 22.7. The van der Waals surface area contributed by atoms with Crippen molar-refractivity contribution in [2.75, 3.05) is 0 Å². The molecule has 0 aromatic heterocycles. The largest absolute Gasteiger partial charge is 1.00 e. The van der Waals surface area contributed by atoms with Gasteiger partial charge in [-0.1, -0.05) is 88.2 Å². The predicted octanol–water partition coefficient (Wildman–Crippen LogP) is 4.64. The topological polar surface area (TPSA) is 26.5 Å². The Kier molecular flexibility index (Phi) is 9.35. The van der Waals surface area contributed by atoms with Crippen molar-refractivity contribution < 1.29 is 29.6 Å². The molecule has 2 aromatic carbocycles. The molecule has 0 radical (unpaired) electrons. The molecule has 2 aromatic rings. The van der Waals surface area contributed by atoms with E-state index in [1.165, 1.54) is 11.1 Å². The first-order chi connectivity index (χ1) is 11.9. The third-order valence-electron chi connectivity index (χ3n) is 4.11. The molecule has 0 aliphatic heterocycles. The Balaban J connectivity index is 0.00000338. The zero-order valence-corrected chi connectivity index (χ0v) is 19.2. The molecule has 0 bridgehead atoms. The van der Waals surface area contributed by atoms with Gasteiger partial charge >= 0.3 is 29.6 Å². The van der Waals surface area contributed by atoms with Gasteiger partial charge in [0.05, 0.1) is 5.69 Å². The SMILES string of the molecule is CC(/C=C(/C)[N-]c1c(C(C)C)cccc1C(C)C)=Nc1ccccc1.[Na+]. The third kappa shape index (κ3) is 6.42. The van der Waals surface area contributed by atoms with Gasteiger partial charge in [0, 0.05) is 5.71 Å². The monoisotopic (exact) mass is 356 g/mol. The molecule has 0 unspecified atom stereocenters. The molecule has 3 heteroatoms. The first-order valence-corrected chi connectivity index (χ1v) is 9.01. The summed E-state index contributed by atoms with van der Waals surface area (Å²) >= 11 is 0. The second kappa shape index (κ2) is 10.7. The fourth-order valence-corrected chi connectivity index (χ4v) is 2.89. The molecule has 0 atom stereocenters. The van der Waals surface area contributed by atoms with Crippen LogP contribution in [0.5, 0.6) is 0 Å². The molecular formula is C23H29N2Na. The van der Waals surface area contributed by atoms with Gasteiger partial charge in [-0.05, 0) is 30.9 Å². The quantitative estimate of drug-likeness (QED) is 0.532. The van der Waals surface area contributed by atoms with E-state index in [1.807, 2.05) is 50.3 Å². The summed E-state index contributed by atoms with van der Waals surface area (Å²) in [6.45, 7) is 13.0. The maximum Gasteiger partial charge on any atom is 1.00 e. The van der Waals surface area contributed by atoms with Crippen LogP contribution in [0.1, 0.15) is 64.5 Å². The number of allylic oxidation sites excluding steroid dienone is 2. The number of rotatable bonds is 6. The van der Waals surface area contributed by atoms with E-state index in [0.29, 0.717) is 11.8 Å². The average Bonchev–Trinajstić information content (AvgIpc) is 2.55. The van der Waals surface area contributed by atoms with Crippen molar-refractivity contribution in [2.24, 2.45) is 4.99 Å². The van der Waals surface area contributed by atoms with Crippen LogP contribution in [0.2, 0.25) is 0 Å². The van der Waals surface area contributed by atoms with Crippen LogP contribution >= 0.6 is 0 Å². The molecule has 0 saturated carbocycles. The van der Waals surface area contributed by atoms with Gasteiger partial charge < -0.3 is 5.32 Å². The zero-order valence-electron chi connectivity index (χ0n) is 17.2. The van der Waals surface area contributed by atoms with Gasteiger partial charge in [-0.15, -0.1) is 5.69 Å². The fraction of sp³-hybridized carbons (Fsp3) is 0.348. The number of aliphatic imine (C=N–C) groups is 1. The van der Waals surface area contributed by atoms with Crippen molar-refractivity contribution in [1.29, 1.82) is 0 Å². The molecule has 0 aliphatic carbocycles. The minimum atomic E-state index is 0. The summed E-state index contributed by atoms with van der Waals surface area (Å²) in [4.78, 5) is 4.64. The van der Waals surface area contributed by atoms with Crippen molar-refractivity contribution in [2.45, 2.75) is 53.4 Å². The Hall–Kier alpha value is -1.35. The van der Waals surface area contributed by atoms with Crippen LogP contribution in [-0.2, 0) is 0 Å². The van der Waals surface area contributed by atoms with Gasteiger partial charge in [0.1, 0.15) is 0 Å². The molecule has 2 rings (SSSR count). The van der Waals surface area contributed by atoms with Gasteiger partial charge in [-0.25, -0.2) is 0 Å². The Bertz CT molecular complexity index is 733. The molecule has 0 saturated heterocycles. The molecular weight excluding hydrogens is 327 g/mol. The molecule has 0 N–H and O–H groups in total. The number of hydrogen-bond acceptors (Lipinski definition) is 1. The van der Waals surface area contributed by atoms with E-state index in [0.717, 1.165) is 22.8 Å². The Morgan fingerprint density at radius 1 is 0.846 bits per heavy atom. The number of benzene rings is 2. The summed E-state index contributed by atoms with van der Waals surface area (Å²) < 4.78 is 0. The van der Waals surface area contributed by atoms with Crippen LogP contribution in [0.25, 0.3) is 5.32 Å². The van der Waals surface area contributed by atoms with E-state index in [9.17, 15) is 0 Å². The van der Waals surface area contributed by atoms with Crippen molar-refractivity contribution >= 4 is 17.1 Å². The predicted molar refractivity (Wildman–Crippen MR) is 111 cm³/mol. The van der Waals surface area contributed by atoms with Crippen LogP contribution < -0.4 is 29.6 Å². The second-order valence-corrected chi connectivity index (χ2v) is 7.08. The summed E-state index contributed by atoms with van der Waals surface area (Å²) in [7, 11) is 0. The van der Waals surface area contributed by atoms with Gasteiger partial charge in [-0.2, -0.15) is 5.70 Å². The van der Waals surface area contributed by atoms with Gasteiger partial charge in [0.25, 0.3) is 0 Å². The van der Waals surface area contributed by atoms with Crippen molar-refractivity contribution in [3.63, 3.8) is 0 Å². The van der Waals surface area contributed by atoms with Crippen molar-refractivity contribution in [1.82, 2.24) is 0 Å². The van der Waals surface area contributed by atoms with E-state index in [2.05, 4.69) is 50.9 Å². The zero-order chi connectivity index (χ0) is 18.4. The summed E-state index contributed by atoms with van der Waals surface area (Å²) in [5.74, 6) is 0.897. The van der Waals surface area contributed by atoms with Crippen LogP contribution in [-0.4, -0.2) is 5.71 Å². The maximum atomic E-state index is 4.96. The van der Waals surface area contributed by atoms with Crippen LogP contribution in [0.15, 0.2) is 65.3 Å². The van der Waals surface area contributed by atoms with E-state index in [-0.39, 0.29) is 29.6 Å². The Morgan fingerprint density at radius 2 is 1.38 bits per heavy atom. The molecule has 0 amide bonds. The van der Waals surface area contributed by atoms with Crippen LogP contribution in [0, 0.1) is 0 Å². The minimum Gasteiger partial charge on any atom is -0.661 e. The summed E-state index contributed by atoms with van der Waals surface area (Å²) in [6, 6.07) is 16.5. The Morgan fingerprint density at radius 3 is 1.88 bits per heavy atom. The number of para-hydroxylation sites is 2. The summed E-state index contributed by atoms with van der Waals surface area (Å²) in [5.41, 5.74) is 6.63. The van der Waals surface area contributed by atoms with E-state index in [4.69, 9.17) is 5.32 Å². The van der Waals surface area contributed by atoms with E-state index in [1.54, 1.807) is 0 Å². The van der Waals surface area contributed by atoms with Gasteiger partial charge in [0.15, 0.2) is 0 Å². The summed E-state index contributed by atoms with van der Waals surface area (Å²) in [6.07, 6.45) is 2.05. The number of nitrogens with zero attached hydrogens (tertiary/aromatic N) is 2. The van der Waals surface area contributed by atoms with E-state index >= 15 is 0 Å². The van der Waals surface area contributed by atoms with Crippen molar-refractivity contribution in [3.05, 3.63) is 76.7 Å². The van der Waals surface area contributed by atoms with Gasteiger partial charge in [0.2, 0.25) is 0 Å². The Labute approximate surface area is 181 Å². The minimum absolute atomic E-state index is 0. The standard InChI is InChI=1S/C23H29N2.Na/c1-16(2)21-13-10-14-22(17(3)4)23(21)25-19(6)15-18(5)24-20-11-8-7-9-12-20;/h7-17H,1-6H3;/q-1;+1/b19-15-,24-18?;. The smallest absolute Gasteiger partial charge is 0.661 e. The maximum absolute atomic E-state index is 4.96. The van der Waals surface area contributed by atoms with E-state index < -0.39 is 0 Å².